The first-order chi connectivity index (χ1) is 6.81. The van der Waals surface area contributed by atoms with E-state index in [2.05, 4.69) is 5.10 Å². The van der Waals surface area contributed by atoms with E-state index in [9.17, 15) is 8.78 Å². The number of rotatable bonds is 3. The lowest BCUT2D eigenvalue weighted by Gasteiger charge is -2.15. The summed E-state index contributed by atoms with van der Waals surface area (Å²) in [4.78, 5) is 0. The molecule has 0 fully saturated rings. The molecule has 0 unspecified atom stereocenters. The number of aromatic nitrogens is 2. The van der Waals surface area contributed by atoms with Gasteiger partial charge in [-0.1, -0.05) is 25.4 Å². The molecule has 15 heavy (non-hydrogen) atoms. The molecule has 1 aromatic heterocycles. The number of hydrogen-bond acceptors (Lipinski definition) is 2. The highest BCUT2D eigenvalue weighted by molar-refractivity contribution is 6.30. The summed E-state index contributed by atoms with van der Waals surface area (Å²) >= 11 is 5.79. The molecule has 0 saturated heterocycles. The molecule has 0 aliphatic carbocycles. The van der Waals surface area contributed by atoms with Gasteiger partial charge in [-0.2, -0.15) is 13.9 Å². The zero-order chi connectivity index (χ0) is 11.8. The molecule has 0 amide bonds. The first-order valence-electron chi connectivity index (χ1n) is 4.62. The lowest BCUT2D eigenvalue weighted by molar-refractivity contribution is 0.00489. The lowest BCUT2D eigenvalue weighted by Crippen LogP contribution is -2.26. The smallest absolute Gasteiger partial charge is 0.289 e. The molecule has 1 aromatic rings. The van der Waals surface area contributed by atoms with Gasteiger partial charge in [0.25, 0.3) is 5.92 Å². The summed E-state index contributed by atoms with van der Waals surface area (Å²) in [6.45, 7) is 2.81. The first kappa shape index (κ1) is 12.4. The van der Waals surface area contributed by atoms with Crippen LogP contribution >= 0.6 is 11.6 Å². The van der Waals surface area contributed by atoms with E-state index in [1.807, 2.05) is 0 Å². The summed E-state index contributed by atoms with van der Waals surface area (Å²) in [7, 11) is 1.53. The maximum atomic E-state index is 13.5. The second kappa shape index (κ2) is 4.06. The van der Waals surface area contributed by atoms with Crippen molar-refractivity contribution in [2.75, 3.05) is 6.54 Å². The molecule has 0 spiro atoms. The quantitative estimate of drug-likeness (QED) is 0.876. The van der Waals surface area contributed by atoms with Crippen LogP contribution in [0.5, 0.6) is 0 Å². The standard InChI is InChI=1S/C9H14ClF2N3/c1-5(2)7-6(9(11,12)4-13)8(10)15(3)14-7/h5H,4,13H2,1-3H3. The van der Waals surface area contributed by atoms with Crippen molar-refractivity contribution in [2.45, 2.75) is 25.7 Å². The minimum absolute atomic E-state index is 0.0471. The van der Waals surface area contributed by atoms with Gasteiger partial charge in [0, 0.05) is 7.05 Å². The zero-order valence-corrected chi connectivity index (χ0v) is 9.65. The van der Waals surface area contributed by atoms with Crippen LogP contribution in [0, 0.1) is 0 Å². The van der Waals surface area contributed by atoms with E-state index in [1.165, 1.54) is 11.7 Å². The molecule has 0 atom stereocenters. The van der Waals surface area contributed by atoms with E-state index in [4.69, 9.17) is 17.3 Å². The van der Waals surface area contributed by atoms with Crippen LogP contribution in [-0.4, -0.2) is 16.3 Å². The highest BCUT2D eigenvalue weighted by Gasteiger charge is 2.38. The van der Waals surface area contributed by atoms with Gasteiger partial charge in [0.2, 0.25) is 0 Å². The Morgan fingerprint density at radius 1 is 1.53 bits per heavy atom. The second-order valence-electron chi connectivity index (χ2n) is 3.74. The van der Waals surface area contributed by atoms with Crippen LogP contribution in [0.25, 0.3) is 0 Å². The number of nitrogens with two attached hydrogens (primary N) is 1. The van der Waals surface area contributed by atoms with Crippen LogP contribution in [0.1, 0.15) is 31.0 Å². The zero-order valence-electron chi connectivity index (χ0n) is 8.89. The molecule has 0 radical (unpaired) electrons. The van der Waals surface area contributed by atoms with E-state index in [1.54, 1.807) is 13.8 Å². The maximum Gasteiger partial charge on any atom is 0.289 e. The van der Waals surface area contributed by atoms with Crippen molar-refractivity contribution in [1.29, 1.82) is 0 Å². The van der Waals surface area contributed by atoms with Gasteiger partial charge in [-0.15, -0.1) is 0 Å². The van der Waals surface area contributed by atoms with Crippen molar-refractivity contribution in [3.63, 3.8) is 0 Å². The van der Waals surface area contributed by atoms with Gasteiger partial charge in [0.15, 0.2) is 0 Å². The molecule has 0 aliphatic rings. The minimum atomic E-state index is -3.12. The highest BCUT2D eigenvalue weighted by Crippen LogP contribution is 2.37. The van der Waals surface area contributed by atoms with E-state index in [0.29, 0.717) is 5.69 Å². The molecule has 1 rings (SSSR count). The molecular formula is C9H14ClF2N3. The number of hydrogen-bond donors (Lipinski definition) is 1. The summed E-state index contributed by atoms with van der Waals surface area (Å²) < 4.78 is 28.3. The molecule has 1 heterocycles. The third-order valence-corrected chi connectivity index (χ3v) is 2.61. The van der Waals surface area contributed by atoms with Gasteiger partial charge < -0.3 is 5.73 Å². The Labute approximate surface area is 92.2 Å². The Kier molecular flexibility index (Phi) is 3.35. The van der Waals surface area contributed by atoms with Gasteiger partial charge in [-0.3, -0.25) is 4.68 Å². The Hall–Kier alpha value is -0.680. The molecule has 0 saturated carbocycles. The Bertz CT molecular complexity index is 360. The van der Waals surface area contributed by atoms with Crippen LogP contribution in [0.3, 0.4) is 0 Å². The fraction of sp³-hybridized carbons (Fsp3) is 0.667. The molecule has 0 aliphatic heterocycles. The summed E-state index contributed by atoms with van der Waals surface area (Å²) in [6.07, 6.45) is 0. The van der Waals surface area contributed by atoms with Crippen molar-refractivity contribution < 1.29 is 8.78 Å². The third kappa shape index (κ3) is 2.13. The molecule has 2 N–H and O–H groups in total. The van der Waals surface area contributed by atoms with Gasteiger partial charge in [0.1, 0.15) is 5.15 Å². The molecule has 0 aromatic carbocycles. The number of nitrogens with zero attached hydrogens (tertiary/aromatic N) is 2. The van der Waals surface area contributed by atoms with Gasteiger partial charge in [-0.25, -0.2) is 0 Å². The van der Waals surface area contributed by atoms with E-state index in [-0.39, 0.29) is 16.6 Å². The summed E-state index contributed by atoms with van der Waals surface area (Å²) in [5.74, 6) is -3.23. The predicted molar refractivity (Wildman–Crippen MR) is 55.3 cm³/mol. The van der Waals surface area contributed by atoms with Crippen molar-refractivity contribution in [3.05, 3.63) is 16.4 Å². The van der Waals surface area contributed by atoms with Crippen molar-refractivity contribution in [1.82, 2.24) is 9.78 Å². The molecule has 0 bridgehead atoms. The monoisotopic (exact) mass is 237 g/mol. The highest BCUT2D eigenvalue weighted by atomic mass is 35.5. The van der Waals surface area contributed by atoms with Crippen molar-refractivity contribution in [3.8, 4) is 0 Å². The van der Waals surface area contributed by atoms with Crippen molar-refractivity contribution >= 4 is 11.6 Å². The summed E-state index contributed by atoms with van der Waals surface area (Å²) in [6, 6.07) is 0. The molecular weight excluding hydrogens is 224 g/mol. The Morgan fingerprint density at radius 2 is 2.07 bits per heavy atom. The third-order valence-electron chi connectivity index (χ3n) is 2.17. The summed E-state index contributed by atoms with van der Waals surface area (Å²) in [5.41, 5.74) is 5.10. The fourth-order valence-electron chi connectivity index (χ4n) is 1.37. The van der Waals surface area contributed by atoms with Crippen LogP contribution in [0.15, 0.2) is 0 Å². The average molecular weight is 238 g/mol. The number of alkyl halides is 2. The largest absolute Gasteiger partial charge is 0.325 e. The SMILES string of the molecule is CC(C)c1nn(C)c(Cl)c1C(F)(F)CN. The maximum absolute atomic E-state index is 13.5. The molecule has 6 heteroatoms. The molecule has 86 valence electrons. The number of aryl methyl sites for hydroxylation is 1. The average Bonchev–Trinajstić information content (AvgIpc) is 2.44. The topological polar surface area (TPSA) is 43.8 Å². The van der Waals surface area contributed by atoms with Crippen molar-refractivity contribution in [2.24, 2.45) is 12.8 Å². The number of halogens is 3. The van der Waals surface area contributed by atoms with E-state index >= 15 is 0 Å². The Balaban J connectivity index is 3.38. The van der Waals surface area contributed by atoms with E-state index in [0.717, 1.165) is 0 Å². The molecule has 3 nitrogen and oxygen atoms in total. The fourth-order valence-corrected chi connectivity index (χ4v) is 1.64. The minimum Gasteiger partial charge on any atom is -0.325 e. The van der Waals surface area contributed by atoms with Crippen LogP contribution < -0.4 is 5.73 Å². The van der Waals surface area contributed by atoms with Crippen LogP contribution in [0.4, 0.5) is 8.78 Å². The summed E-state index contributed by atoms with van der Waals surface area (Å²) in [5, 5.41) is 3.93. The van der Waals surface area contributed by atoms with Crippen LogP contribution in [0.2, 0.25) is 5.15 Å². The normalized spacial score (nSPS) is 12.5. The predicted octanol–water partition coefficient (Wildman–Crippen LogP) is 2.25. The van der Waals surface area contributed by atoms with Gasteiger partial charge in [0.05, 0.1) is 17.8 Å². The Morgan fingerprint density at radius 3 is 2.47 bits per heavy atom. The van der Waals surface area contributed by atoms with Crippen LogP contribution in [-0.2, 0) is 13.0 Å². The second-order valence-corrected chi connectivity index (χ2v) is 4.10. The van der Waals surface area contributed by atoms with E-state index < -0.39 is 12.5 Å². The lowest BCUT2D eigenvalue weighted by atomic mass is 10.0. The van der Waals surface area contributed by atoms with Gasteiger partial charge in [-0.05, 0) is 5.92 Å². The van der Waals surface area contributed by atoms with Gasteiger partial charge >= 0.3 is 0 Å². The first-order valence-corrected chi connectivity index (χ1v) is 4.99.